The molecule has 77 heteroatoms. The Kier molecular flexibility index (Phi) is 29.8. The Labute approximate surface area is 564 Å². The molecule has 4 aliphatic heterocycles. The van der Waals surface area contributed by atoms with E-state index in [2.05, 4.69) is 58.6 Å². The quantitative estimate of drug-likeness (QED) is 0.0255. The highest BCUT2D eigenvalue weighted by molar-refractivity contribution is 7.84. The monoisotopic (exact) mass is 1790 g/mol. The average Bonchev–Trinajstić information content (AvgIpc) is 0.759. The second-order valence-electron chi connectivity index (χ2n) is 18.2. The van der Waals surface area contributed by atoms with Gasteiger partial charge in [-0.05, 0) is 0 Å². The molecule has 4 fully saturated rings. The van der Waals surface area contributed by atoms with Crippen LogP contribution in [0.4, 0.5) is 0 Å². The zero-order valence-electron chi connectivity index (χ0n) is 46.4. The van der Waals surface area contributed by atoms with Crippen LogP contribution in [-0.2, 0) is 237 Å². The molecule has 14 N–H and O–H groups in total. The highest BCUT2D eigenvalue weighted by Gasteiger charge is 2.63. The van der Waals surface area contributed by atoms with E-state index in [1.54, 1.807) is 0 Å². The number of hydrogen-bond acceptors (Lipinski definition) is 49. The Bertz CT molecular complexity index is 4610. The van der Waals surface area contributed by atoms with Gasteiger partial charge in [-0.2, -0.15) is 118 Å². The van der Waals surface area contributed by atoms with Crippen molar-refractivity contribution in [3.8, 4) is 0 Å². The maximum Gasteiger partial charge on any atom is 0.397 e. The molecule has 0 amide bonds. The minimum Gasteiger partial charge on any atom is -0.341 e. The third-order valence-corrected chi connectivity index (χ3v) is 17.5. The molecule has 101 heavy (non-hydrogen) atoms. The molecule has 0 aliphatic carbocycles. The maximum absolute atomic E-state index is 12.8. The van der Waals surface area contributed by atoms with Crippen LogP contribution in [0.3, 0.4) is 0 Å². The van der Waals surface area contributed by atoms with Gasteiger partial charge in [-0.3, -0.25) is 63.7 Å². The normalized spacial score (nSPS) is 32.5. The second kappa shape index (κ2) is 33.0. The molecule has 0 saturated carbocycles. The average molecular weight is 1790 g/mol. The van der Waals surface area contributed by atoms with E-state index in [1.165, 1.54) is 0 Å². The Hall–Kier alpha value is -2.10. The number of hydrogen-bond donors (Lipinski definition) is 14. The van der Waals surface area contributed by atoms with Crippen molar-refractivity contribution in [3.63, 3.8) is 0 Å². The van der Waals surface area contributed by atoms with Crippen LogP contribution in [0.5, 0.6) is 0 Å². The van der Waals surface area contributed by atoms with Gasteiger partial charge in [-0.25, -0.2) is 58.6 Å². The van der Waals surface area contributed by atoms with Crippen molar-refractivity contribution in [2.24, 2.45) is 0 Å². The summed E-state index contributed by atoms with van der Waals surface area (Å²) in [6.07, 6.45) is -73.8. The van der Waals surface area contributed by atoms with E-state index in [9.17, 15) is 182 Å². The van der Waals surface area contributed by atoms with Crippen LogP contribution in [0.25, 0.3) is 0 Å². The van der Waals surface area contributed by atoms with E-state index in [-0.39, 0.29) is 0 Å². The molecule has 0 spiro atoms. The van der Waals surface area contributed by atoms with Gasteiger partial charge in [0.25, 0.3) is 0 Å². The summed E-state index contributed by atoms with van der Waals surface area (Å²) in [5.74, 6) is 0. The molecule has 0 aromatic heterocycles. The van der Waals surface area contributed by atoms with Crippen LogP contribution in [0.1, 0.15) is 0 Å². The molecule has 0 bridgehead atoms. The molecule has 63 nitrogen and oxygen atoms in total. The number of rotatable bonds is 38. The zero-order valence-corrected chi connectivity index (χ0v) is 57.8. The molecule has 600 valence electrons. The first kappa shape index (κ1) is 91.3. The topological polar surface area (TPSA) is 955 Å². The van der Waals surface area contributed by atoms with E-state index < -0.39 is 295 Å². The van der Waals surface area contributed by atoms with Gasteiger partial charge in [0.2, 0.25) is 0 Å². The van der Waals surface area contributed by atoms with Crippen molar-refractivity contribution in [2.75, 3.05) is 26.4 Å². The van der Waals surface area contributed by atoms with E-state index in [0.717, 1.165) is 0 Å². The molecule has 0 aromatic rings. The lowest BCUT2D eigenvalue weighted by Crippen LogP contribution is -2.69. The lowest BCUT2D eigenvalue weighted by molar-refractivity contribution is -0.387. The first-order valence-electron chi connectivity index (χ1n) is 23.3. The van der Waals surface area contributed by atoms with Crippen LogP contribution in [-0.4, -0.2) is 331 Å². The fourth-order valence-corrected chi connectivity index (χ4v) is 14.5. The van der Waals surface area contributed by atoms with Gasteiger partial charge >= 0.3 is 146 Å². The van der Waals surface area contributed by atoms with Crippen LogP contribution in [0.2, 0.25) is 0 Å². The standard InChI is InChI=1S/C24H42O63S14/c25-88(26,27)67-1-5-9(76-22-19(86-100(61,62)63)15(82-96(49,50)51)11(78-92(37,38)39)7(73-22)3-69-90(31,32)33)13(80-94(43,44)45)17(84-98(55,56)57)21(71-5)75-10-6(2-68-89(28,29)30)72-23(18(85-99(58,59)60)14(10)81-95(46,47)48)77-24-20(87-101(64,65)66)16(83-97(52,53)54)12(79-93(40,41)42)8(74-24)4-70-91(34,35)36/h5-24H,1-4H2,(H,25,26,27)(H,28,29,30)(H,31,32,33)(H,34,35,36)(H,37,38,39)(H,40,41,42)(H,43,44,45)(H,46,47,48)(H,49,50,51)(H,52,53,54)(H,55,56,57)(H,58,59,60)(H,61,62,63)(H,64,65,66)/t5-,6-,7-,8-,9-,10-,11-,12-,13+,14+,15+,16+,17-,18-,19-,20-,21+,22-,23-,24-/m1/s1. The largest absolute Gasteiger partial charge is 0.397 e. The summed E-state index contributed by atoms with van der Waals surface area (Å²) in [5.41, 5.74) is 0. The number of ether oxygens (including phenoxy) is 7. The maximum atomic E-state index is 12.8. The van der Waals surface area contributed by atoms with Gasteiger partial charge in [-0.1, -0.05) is 0 Å². The third-order valence-electron chi connectivity index (χ3n) is 11.1. The van der Waals surface area contributed by atoms with Crippen molar-refractivity contribution < 1.29 is 273 Å². The Morgan fingerprint density at radius 3 is 0.485 bits per heavy atom. The smallest absolute Gasteiger partial charge is 0.341 e. The lowest BCUT2D eigenvalue weighted by Gasteiger charge is -2.50. The van der Waals surface area contributed by atoms with Crippen LogP contribution < -0.4 is 0 Å². The van der Waals surface area contributed by atoms with Crippen molar-refractivity contribution >= 4 is 146 Å². The summed E-state index contributed by atoms with van der Waals surface area (Å²) in [6.45, 7) is -9.26. The molecule has 4 aliphatic rings. The van der Waals surface area contributed by atoms with Crippen molar-refractivity contribution in [2.45, 2.75) is 123 Å². The summed E-state index contributed by atoms with van der Waals surface area (Å²) >= 11 is 0. The van der Waals surface area contributed by atoms with Crippen LogP contribution >= 0.6 is 0 Å². The fraction of sp³-hybridized carbons (Fsp3) is 1.00. The highest BCUT2D eigenvalue weighted by Crippen LogP contribution is 2.42. The van der Waals surface area contributed by atoms with E-state index in [4.69, 9.17) is 33.2 Å². The summed E-state index contributed by atoms with van der Waals surface area (Å²) < 4.78 is 573. The van der Waals surface area contributed by atoms with Gasteiger partial charge in [-0.15, -0.1) is 0 Å². The molecule has 20 atom stereocenters. The third kappa shape index (κ3) is 33.5. The summed E-state index contributed by atoms with van der Waals surface area (Å²) in [4.78, 5) is 0. The molecule has 4 saturated heterocycles. The predicted molar refractivity (Wildman–Crippen MR) is 280 cm³/mol. The molecular formula is C24H42O63S14. The lowest BCUT2D eigenvalue weighted by atomic mass is 9.96. The van der Waals surface area contributed by atoms with Crippen LogP contribution in [0, 0.1) is 0 Å². The molecule has 0 radical (unpaired) electrons. The minimum absolute atomic E-state index is 2.19. The minimum atomic E-state index is -6.81. The highest BCUT2D eigenvalue weighted by atomic mass is 32.3. The Morgan fingerprint density at radius 2 is 0.317 bits per heavy atom. The molecular weight excluding hydrogens is 1750 g/mol. The predicted octanol–water partition coefficient (Wildman–Crippen LogP) is -12.2. The second-order valence-corrected chi connectivity index (χ2v) is 33.1. The molecule has 4 rings (SSSR count). The summed E-state index contributed by atoms with van der Waals surface area (Å²) in [7, 11) is -90.5. The van der Waals surface area contributed by atoms with Crippen molar-refractivity contribution in [3.05, 3.63) is 0 Å². The van der Waals surface area contributed by atoms with Gasteiger partial charge in [0, 0.05) is 0 Å². The Balaban J connectivity index is 2.18. The molecule has 4 heterocycles. The Morgan fingerprint density at radius 1 is 0.178 bits per heavy atom. The van der Waals surface area contributed by atoms with Gasteiger partial charge < -0.3 is 33.2 Å². The summed E-state index contributed by atoms with van der Waals surface area (Å²) in [5, 5.41) is 0. The van der Waals surface area contributed by atoms with Crippen LogP contribution in [0.15, 0.2) is 0 Å². The summed E-state index contributed by atoms with van der Waals surface area (Å²) in [6, 6.07) is 0. The van der Waals surface area contributed by atoms with E-state index >= 15 is 0 Å². The van der Waals surface area contributed by atoms with Gasteiger partial charge in [0.1, 0.15) is 73.2 Å². The van der Waals surface area contributed by atoms with Gasteiger partial charge in [0.05, 0.1) is 26.4 Å². The first-order chi connectivity index (χ1) is 44.7. The van der Waals surface area contributed by atoms with Gasteiger partial charge in [0.15, 0.2) is 49.6 Å². The first-order valence-corrected chi connectivity index (χ1v) is 42.4. The SMILES string of the molecule is O=S(=O)(O)OC[C@H]1O[C@@H](O[C@H]2[C@H](OS(=O)(=O)O)[C@@H](OS(=O)(=O)O)[C@@H](O[C@H]3O[C@H](COS(=O)(=O)O)[C@@H](OS(=O)(=O)O)[C@H](OS(=O)(=O)O)[C@H]3OS(=O)(=O)O)O[C@@H]2COS(=O)(=O)O)[C@H](OS(=O)(=O)O)[C@@H](OS(=O)(=O)O)[C@@H]1O[C@H]1O[C@H](COS(=O)(=O)O)[C@@H](OS(=O)(=O)O)[C@H](OS(=O)(=O)O)[C@H]1OS(=O)(=O)O. The molecule has 0 unspecified atom stereocenters. The zero-order chi connectivity index (χ0) is 78.2. The van der Waals surface area contributed by atoms with Crippen molar-refractivity contribution in [1.82, 2.24) is 0 Å². The van der Waals surface area contributed by atoms with E-state index in [0.29, 0.717) is 0 Å². The molecule has 0 aromatic carbocycles. The van der Waals surface area contributed by atoms with Crippen molar-refractivity contribution in [1.29, 1.82) is 0 Å². The van der Waals surface area contributed by atoms with E-state index in [1.807, 2.05) is 0 Å². The fourth-order valence-electron chi connectivity index (χ4n) is 8.36.